The number of benzene rings is 2. The van der Waals surface area contributed by atoms with Crippen molar-refractivity contribution in [3.05, 3.63) is 76.5 Å². The van der Waals surface area contributed by atoms with Gasteiger partial charge in [-0.2, -0.15) is 0 Å². The third kappa shape index (κ3) is 7.05. The smallest absolute Gasteiger partial charge is 0.191 e. The lowest BCUT2D eigenvalue weighted by molar-refractivity contribution is 0.114. The van der Waals surface area contributed by atoms with Crippen molar-refractivity contribution in [3.63, 3.8) is 0 Å². The molecule has 6 heteroatoms. The molecule has 2 aromatic rings. The second-order valence-electron chi connectivity index (χ2n) is 8.80. The van der Waals surface area contributed by atoms with Crippen LogP contribution in [0.2, 0.25) is 28.2 Å². The topological polar surface area (TPSA) is 27.7 Å². The van der Waals surface area contributed by atoms with E-state index in [-0.39, 0.29) is 11.1 Å². The minimum Gasteiger partial charge on any atom is -0.494 e. The first kappa shape index (κ1) is 24.8. The molecule has 0 radical (unpaired) electrons. The highest BCUT2D eigenvalue weighted by molar-refractivity contribution is 6.74. The summed E-state index contributed by atoms with van der Waals surface area (Å²) >= 11 is 12.0. The van der Waals surface area contributed by atoms with Crippen molar-refractivity contribution in [2.75, 3.05) is 6.61 Å². The van der Waals surface area contributed by atoms with E-state index in [2.05, 4.69) is 40.4 Å². The van der Waals surface area contributed by atoms with Gasteiger partial charge in [-0.05, 0) is 53.5 Å². The van der Waals surface area contributed by atoms with Crippen molar-refractivity contribution in [2.24, 2.45) is 0 Å². The lowest BCUT2D eigenvalue weighted by atomic mass is 10.1. The maximum atomic E-state index is 6.30. The summed E-state index contributed by atoms with van der Waals surface area (Å²) < 4.78 is 17.9. The van der Waals surface area contributed by atoms with Crippen LogP contribution < -0.4 is 4.74 Å². The Hall–Kier alpha value is -1.46. The molecule has 3 nitrogen and oxygen atoms in total. The maximum Gasteiger partial charge on any atom is 0.191 e. The lowest BCUT2D eigenvalue weighted by Crippen LogP contribution is -2.41. The van der Waals surface area contributed by atoms with Gasteiger partial charge >= 0.3 is 0 Å². The molecule has 0 saturated heterocycles. The van der Waals surface area contributed by atoms with E-state index in [4.69, 9.17) is 37.1 Å². The van der Waals surface area contributed by atoms with E-state index in [1.54, 1.807) is 6.07 Å². The van der Waals surface area contributed by atoms with Crippen molar-refractivity contribution < 1.29 is 13.9 Å². The van der Waals surface area contributed by atoms with Crippen LogP contribution in [0.1, 0.15) is 44.4 Å². The summed E-state index contributed by atoms with van der Waals surface area (Å²) in [5, 5.41) is 1.25. The predicted octanol–water partition coefficient (Wildman–Crippen LogP) is 8.19. The third-order valence-corrected chi connectivity index (χ3v) is 10.8. The van der Waals surface area contributed by atoms with Crippen LogP contribution in [0, 0.1) is 0 Å². The fourth-order valence-electron chi connectivity index (χ4n) is 2.64. The Morgan fingerprint density at radius 2 is 1.70 bits per heavy atom. The normalized spacial score (nSPS) is 13.0. The largest absolute Gasteiger partial charge is 0.494 e. The molecule has 1 unspecified atom stereocenters. The molecule has 0 N–H and O–H groups in total. The first-order valence-electron chi connectivity index (χ1n) is 10.1. The molecule has 2 aromatic carbocycles. The summed E-state index contributed by atoms with van der Waals surface area (Å²) in [7, 11) is -1.77. The predicted molar refractivity (Wildman–Crippen MR) is 129 cm³/mol. The average Bonchev–Trinajstić information content (AvgIpc) is 2.68. The van der Waals surface area contributed by atoms with Crippen LogP contribution >= 0.6 is 23.2 Å². The lowest BCUT2D eigenvalue weighted by Gasteiger charge is -2.36. The molecule has 0 aromatic heterocycles. The second kappa shape index (κ2) is 10.7. The van der Waals surface area contributed by atoms with Crippen LogP contribution in [0.4, 0.5) is 0 Å². The molecule has 0 aliphatic heterocycles. The molecule has 0 amide bonds. The van der Waals surface area contributed by atoms with Crippen molar-refractivity contribution >= 4 is 31.5 Å². The zero-order valence-corrected chi connectivity index (χ0v) is 21.0. The minimum absolute atomic E-state index is 0.101. The molecule has 0 fully saturated rings. The Morgan fingerprint density at radius 3 is 2.27 bits per heavy atom. The van der Waals surface area contributed by atoms with Gasteiger partial charge in [0.2, 0.25) is 0 Å². The van der Waals surface area contributed by atoms with E-state index >= 15 is 0 Å². The van der Waals surface area contributed by atoms with Crippen LogP contribution in [0.25, 0.3) is 0 Å². The Balaban J connectivity index is 1.95. The van der Waals surface area contributed by atoms with Gasteiger partial charge in [0.15, 0.2) is 8.32 Å². The zero-order valence-electron chi connectivity index (χ0n) is 18.5. The fraction of sp³-hybridized carbons (Fsp3) is 0.417. The fourth-order valence-corrected chi connectivity index (χ4v) is 4.02. The Morgan fingerprint density at radius 1 is 1.03 bits per heavy atom. The molecule has 0 saturated carbocycles. The van der Waals surface area contributed by atoms with Gasteiger partial charge in [0.1, 0.15) is 18.5 Å². The van der Waals surface area contributed by atoms with Gasteiger partial charge in [-0.3, -0.25) is 0 Å². The Bertz CT molecular complexity index is 829. The van der Waals surface area contributed by atoms with Crippen LogP contribution in [0.3, 0.4) is 0 Å². The maximum absolute atomic E-state index is 6.30. The van der Waals surface area contributed by atoms with Crippen LogP contribution in [-0.4, -0.2) is 14.9 Å². The standard InChI is InChI=1S/C24H32Cl2O3Si/c1-7-27-23(14-15-29-30(5,6)24(2,3)4)19-9-11-20(12-10-19)28-17-18-8-13-21(25)22(26)16-18/h7-13,16,23H,1,14-15,17H2,2-6H3. The van der Waals surface area contributed by atoms with Crippen LogP contribution in [-0.2, 0) is 15.8 Å². The van der Waals surface area contributed by atoms with Gasteiger partial charge in [-0.15, -0.1) is 0 Å². The van der Waals surface area contributed by atoms with E-state index in [1.807, 2.05) is 36.4 Å². The zero-order chi connectivity index (χ0) is 22.4. The first-order valence-corrected chi connectivity index (χ1v) is 13.8. The summed E-state index contributed by atoms with van der Waals surface area (Å²) in [6.07, 6.45) is 2.16. The van der Waals surface area contributed by atoms with Gasteiger partial charge in [0.25, 0.3) is 0 Å². The quantitative estimate of drug-likeness (QED) is 0.260. The number of hydrogen-bond donors (Lipinski definition) is 0. The third-order valence-electron chi connectivity index (χ3n) is 5.55. The van der Waals surface area contributed by atoms with Crippen molar-refractivity contribution in [2.45, 2.75) is 58.0 Å². The molecule has 1 atom stereocenters. The molecule has 0 aliphatic rings. The molecule has 0 bridgehead atoms. The molecule has 0 heterocycles. The van der Waals surface area contributed by atoms with Gasteiger partial charge in [-0.25, -0.2) is 0 Å². The van der Waals surface area contributed by atoms with Gasteiger partial charge in [-0.1, -0.05) is 68.8 Å². The summed E-state index contributed by atoms with van der Waals surface area (Å²) in [5.74, 6) is 0.777. The van der Waals surface area contributed by atoms with Crippen molar-refractivity contribution in [1.82, 2.24) is 0 Å². The summed E-state index contributed by atoms with van der Waals surface area (Å²) in [4.78, 5) is 0. The molecule has 2 rings (SSSR count). The Labute approximate surface area is 192 Å². The SMILES string of the molecule is C=COC(CCO[Si](C)(C)C(C)(C)C)c1ccc(OCc2ccc(Cl)c(Cl)c2)cc1. The number of hydrogen-bond acceptors (Lipinski definition) is 3. The highest BCUT2D eigenvalue weighted by Gasteiger charge is 2.37. The highest BCUT2D eigenvalue weighted by atomic mass is 35.5. The van der Waals surface area contributed by atoms with Crippen LogP contribution in [0.5, 0.6) is 5.75 Å². The summed E-state index contributed by atoms with van der Waals surface area (Å²) in [6.45, 7) is 16.0. The van der Waals surface area contributed by atoms with Crippen LogP contribution in [0.15, 0.2) is 55.3 Å². The van der Waals surface area contributed by atoms with E-state index in [0.717, 1.165) is 23.3 Å². The van der Waals surface area contributed by atoms with Gasteiger partial charge in [0, 0.05) is 13.0 Å². The molecule has 164 valence electrons. The molecular formula is C24H32Cl2O3Si. The number of halogens is 2. The van der Waals surface area contributed by atoms with Gasteiger partial charge < -0.3 is 13.9 Å². The monoisotopic (exact) mass is 466 g/mol. The van der Waals surface area contributed by atoms with Crippen molar-refractivity contribution in [1.29, 1.82) is 0 Å². The molecule has 0 spiro atoms. The molecular weight excluding hydrogens is 435 g/mol. The molecule has 0 aliphatic carbocycles. The first-order chi connectivity index (χ1) is 14.0. The summed E-state index contributed by atoms with van der Waals surface area (Å²) in [6, 6.07) is 13.4. The molecule has 30 heavy (non-hydrogen) atoms. The van der Waals surface area contributed by atoms with E-state index in [1.165, 1.54) is 6.26 Å². The minimum atomic E-state index is -1.77. The Kier molecular flexibility index (Phi) is 8.86. The second-order valence-corrected chi connectivity index (χ2v) is 14.4. The highest BCUT2D eigenvalue weighted by Crippen LogP contribution is 2.37. The van der Waals surface area contributed by atoms with E-state index < -0.39 is 8.32 Å². The summed E-state index contributed by atoms with van der Waals surface area (Å²) in [5.41, 5.74) is 2.03. The van der Waals surface area contributed by atoms with Crippen molar-refractivity contribution in [3.8, 4) is 5.75 Å². The van der Waals surface area contributed by atoms with E-state index in [0.29, 0.717) is 23.3 Å². The average molecular weight is 468 g/mol. The number of ether oxygens (including phenoxy) is 2. The number of rotatable bonds is 10. The van der Waals surface area contributed by atoms with Gasteiger partial charge in [0.05, 0.1) is 16.3 Å². The van der Waals surface area contributed by atoms with E-state index in [9.17, 15) is 0 Å².